The first-order valence-electron chi connectivity index (χ1n) is 7.67. The molecule has 0 aliphatic carbocycles. The molecule has 1 heterocycles. The van der Waals surface area contributed by atoms with Crippen molar-refractivity contribution in [3.63, 3.8) is 0 Å². The molecule has 0 unspecified atom stereocenters. The summed E-state index contributed by atoms with van der Waals surface area (Å²) in [4.78, 5) is 13.6. The van der Waals surface area contributed by atoms with Crippen molar-refractivity contribution in [1.82, 2.24) is 0 Å². The molecule has 0 aromatic heterocycles. The Bertz CT molecular complexity index is 897. The number of nitrogens with zero attached hydrogens (tertiary/aromatic N) is 1. The quantitative estimate of drug-likeness (QED) is 0.679. The summed E-state index contributed by atoms with van der Waals surface area (Å²) < 4.78 is 33.5. The van der Waals surface area contributed by atoms with Crippen LogP contribution in [0.25, 0.3) is 0 Å². The number of sulfonamides is 1. The van der Waals surface area contributed by atoms with Crippen molar-refractivity contribution in [3.05, 3.63) is 46.0 Å². The molecule has 1 N–H and O–H groups in total. The first kappa shape index (κ1) is 18.0. The standard InChI is InChI=1S/C17H17IN2O4S/c1-24-16-9-8-14(11-15(16)18)25(22,23)19-12-4-6-13(7-5-12)20-10-2-3-17(20)21/h4-9,11,19H,2-3,10H2,1H3. The number of amides is 1. The number of carbonyl (C=O) groups is 1. The first-order valence-corrected chi connectivity index (χ1v) is 10.2. The molecule has 132 valence electrons. The highest BCUT2D eigenvalue weighted by Gasteiger charge is 2.22. The fraction of sp³-hybridized carbons (Fsp3) is 0.235. The van der Waals surface area contributed by atoms with Crippen molar-refractivity contribution in [1.29, 1.82) is 0 Å². The van der Waals surface area contributed by atoms with Gasteiger partial charge in [-0.2, -0.15) is 0 Å². The summed E-state index contributed by atoms with van der Waals surface area (Å²) in [5, 5.41) is 0. The lowest BCUT2D eigenvalue weighted by Gasteiger charge is -2.16. The molecule has 8 heteroatoms. The van der Waals surface area contributed by atoms with Crippen LogP contribution in [-0.4, -0.2) is 28.0 Å². The predicted octanol–water partition coefficient (Wildman–Crippen LogP) is 3.23. The van der Waals surface area contributed by atoms with Crippen LogP contribution in [0, 0.1) is 3.57 Å². The lowest BCUT2D eigenvalue weighted by Crippen LogP contribution is -2.23. The monoisotopic (exact) mass is 472 g/mol. The van der Waals surface area contributed by atoms with E-state index in [0.717, 1.165) is 12.1 Å². The lowest BCUT2D eigenvalue weighted by atomic mass is 10.2. The van der Waals surface area contributed by atoms with Crippen LogP contribution in [0.1, 0.15) is 12.8 Å². The van der Waals surface area contributed by atoms with Crippen LogP contribution in [0.3, 0.4) is 0 Å². The molecular weight excluding hydrogens is 455 g/mol. The molecular formula is C17H17IN2O4S. The second-order valence-corrected chi connectivity index (χ2v) is 8.44. The molecule has 1 fully saturated rings. The average Bonchev–Trinajstić information content (AvgIpc) is 3.01. The normalized spacial score (nSPS) is 14.6. The summed E-state index contributed by atoms with van der Waals surface area (Å²) in [6.07, 6.45) is 1.41. The van der Waals surface area contributed by atoms with Crippen molar-refractivity contribution < 1.29 is 17.9 Å². The highest BCUT2D eigenvalue weighted by molar-refractivity contribution is 14.1. The molecule has 1 aliphatic heterocycles. The van der Waals surface area contributed by atoms with E-state index in [9.17, 15) is 13.2 Å². The zero-order chi connectivity index (χ0) is 18.0. The summed E-state index contributed by atoms with van der Waals surface area (Å²) in [5.41, 5.74) is 1.23. The molecule has 0 bridgehead atoms. The summed E-state index contributed by atoms with van der Waals surface area (Å²) in [7, 11) is -2.16. The van der Waals surface area contributed by atoms with Crippen LogP contribution < -0.4 is 14.4 Å². The van der Waals surface area contributed by atoms with E-state index in [1.54, 1.807) is 41.3 Å². The smallest absolute Gasteiger partial charge is 0.261 e. The molecule has 0 spiro atoms. The van der Waals surface area contributed by atoms with Gasteiger partial charge in [-0.25, -0.2) is 8.42 Å². The minimum Gasteiger partial charge on any atom is -0.496 e. The molecule has 6 nitrogen and oxygen atoms in total. The molecule has 2 aromatic carbocycles. The molecule has 3 rings (SSSR count). The number of benzene rings is 2. The summed E-state index contributed by atoms with van der Waals surface area (Å²) in [6.45, 7) is 0.703. The van der Waals surface area contributed by atoms with Crippen LogP contribution in [0.4, 0.5) is 11.4 Å². The number of methoxy groups -OCH3 is 1. The van der Waals surface area contributed by atoms with E-state index >= 15 is 0 Å². The fourth-order valence-corrected chi connectivity index (χ4v) is 4.69. The number of nitrogens with one attached hydrogen (secondary N) is 1. The second kappa shape index (κ2) is 7.20. The molecule has 1 aliphatic rings. The fourth-order valence-electron chi connectivity index (χ4n) is 2.66. The summed E-state index contributed by atoms with van der Waals surface area (Å²) in [6, 6.07) is 11.5. The van der Waals surface area contributed by atoms with Crippen LogP contribution in [0.15, 0.2) is 47.4 Å². The van der Waals surface area contributed by atoms with Gasteiger partial charge in [0.1, 0.15) is 5.75 Å². The Morgan fingerprint density at radius 3 is 2.44 bits per heavy atom. The van der Waals surface area contributed by atoms with E-state index in [2.05, 4.69) is 4.72 Å². The highest BCUT2D eigenvalue weighted by Crippen LogP contribution is 2.27. The summed E-state index contributed by atoms with van der Waals surface area (Å²) >= 11 is 2.03. The molecule has 0 atom stereocenters. The summed E-state index contributed by atoms with van der Waals surface area (Å²) in [5.74, 6) is 0.723. The van der Waals surface area contributed by atoms with Gasteiger partial charge in [-0.05, 0) is 71.5 Å². The van der Waals surface area contributed by atoms with E-state index in [1.165, 1.54) is 13.2 Å². The van der Waals surface area contributed by atoms with Crippen molar-refractivity contribution in [2.45, 2.75) is 17.7 Å². The van der Waals surface area contributed by atoms with Gasteiger partial charge in [0.25, 0.3) is 10.0 Å². The molecule has 0 radical (unpaired) electrons. The van der Waals surface area contributed by atoms with Gasteiger partial charge in [0.15, 0.2) is 0 Å². The molecule has 25 heavy (non-hydrogen) atoms. The Kier molecular flexibility index (Phi) is 5.19. The topological polar surface area (TPSA) is 75.7 Å². The van der Waals surface area contributed by atoms with E-state index < -0.39 is 10.0 Å². The van der Waals surface area contributed by atoms with E-state index in [-0.39, 0.29) is 10.8 Å². The van der Waals surface area contributed by atoms with Crippen molar-refractivity contribution in [2.24, 2.45) is 0 Å². The Labute approximate surface area is 160 Å². The van der Waals surface area contributed by atoms with Gasteiger partial charge < -0.3 is 9.64 Å². The Hall–Kier alpha value is -1.81. The maximum Gasteiger partial charge on any atom is 0.261 e. The van der Waals surface area contributed by atoms with Crippen LogP contribution in [-0.2, 0) is 14.8 Å². The number of anilines is 2. The minimum absolute atomic E-state index is 0.0983. The van der Waals surface area contributed by atoms with Gasteiger partial charge in [-0.15, -0.1) is 0 Å². The van der Waals surface area contributed by atoms with E-state index in [1.807, 2.05) is 22.6 Å². The predicted molar refractivity (Wildman–Crippen MR) is 105 cm³/mol. The molecule has 1 amide bonds. The van der Waals surface area contributed by atoms with Crippen molar-refractivity contribution in [3.8, 4) is 5.75 Å². The van der Waals surface area contributed by atoms with Gasteiger partial charge in [-0.1, -0.05) is 0 Å². The SMILES string of the molecule is COc1ccc(S(=O)(=O)Nc2ccc(N3CCCC3=O)cc2)cc1I. The Balaban J connectivity index is 1.79. The van der Waals surface area contributed by atoms with Crippen molar-refractivity contribution >= 4 is 49.9 Å². The second-order valence-electron chi connectivity index (χ2n) is 5.60. The zero-order valence-corrected chi connectivity index (χ0v) is 16.5. The maximum atomic E-state index is 12.5. The lowest BCUT2D eigenvalue weighted by molar-refractivity contribution is -0.117. The third-order valence-corrected chi connectivity index (χ3v) is 6.16. The van der Waals surface area contributed by atoms with Gasteiger partial charge in [0.05, 0.1) is 15.6 Å². The molecule has 2 aromatic rings. The van der Waals surface area contributed by atoms with Crippen molar-refractivity contribution in [2.75, 3.05) is 23.3 Å². The van der Waals surface area contributed by atoms with Crippen LogP contribution >= 0.6 is 22.6 Å². The number of halogens is 1. The number of hydrogen-bond acceptors (Lipinski definition) is 4. The average molecular weight is 472 g/mol. The van der Waals surface area contributed by atoms with Gasteiger partial charge >= 0.3 is 0 Å². The highest BCUT2D eigenvalue weighted by atomic mass is 127. The first-order chi connectivity index (χ1) is 11.9. The third kappa shape index (κ3) is 3.90. The van der Waals surface area contributed by atoms with Crippen LogP contribution in [0.2, 0.25) is 0 Å². The van der Waals surface area contributed by atoms with Gasteiger partial charge in [-0.3, -0.25) is 9.52 Å². The van der Waals surface area contributed by atoms with Crippen LogP contribution in [0.5, 0.6) is 5.75 Å². The molecule has 1 saturated heterocycles. The largest absolute Gasteiger partial charge is 0.496 e. The van der Waals surface area contributed by atoms with Gasteiger partial charge in [0.2, 0.25) is 5.91 Å². The van der Waals surface area contributed by atoms with E-state index in [0.29, 0.717) is 28.0 Å². The van der Waals surface area contributed by atoms with E-state index in [4.69, 9.17) is 4.74 Å². The third-order valence-electron chi connectivity index (χ3n) is 3.94. The zero-order valence-electron chi connectivity index (χ0n) is 13.5. The maximum absolute atomic E-state index is 12.5. The van der Waals surface area contributed by atoms with Gasteiger partial charge in [0, 0.05) is 24.3 Å². The minimum atomic E-state index is -3.69. The number of carbonyl (C=O) groups excluding carboxylic acids is 1. The number of hydrogen-bond donors (Lipinski definition) is 1. The Morgan fingerprint density at radius 2 is 1.88 bits per heavy atom. The molecule has 0 saturated carbocycles. The number of rotatable bonds is 5. The Morgan fingerprint density at radius 1 is 1.16 bits per heavy atom. The number of ether oxygens (including phenoxy) is 1.